The number of halogens is 3. The minimum absolute atomic E-state index is 0.602. The highest BCUT2D eigenvalue weighted by Crippen LogP contribution is 2.35. The van der Waals surface area contributed by atoms with E-state index in [1.54, 1.807) is 4.90 Å². The number of hydrogen-bond donors (Lipinski definition) is 0. The molecule has 17 heavy (non-hydrogen) atoms. The molecule has 0 aromatic heterocycles. The predicted molar refractivity (Wildman–Crippen MR) is 74.0 cm³/mol. The van der Waals surface area contributed by atoms with Crippen LogP contribution in [-0.2, 0) is 4.79 Å². The molecule has 1 fully saturated rings. The lowest BCUT2D eigenvalue weighted by atomic mass is 10.2. The summed E-state index contributed by atoms with van der Waals surface area (Å²) in [6.07, 6.45) is 0.888. The summed E-state index contributed by atoms with van der Waals surface area (Å²) in [5, 5.41) is 1.20. The van der Waals surface area contributed by atoms with Gasteiger partial charge >= 0.3 is 0 Å². The van der Waals surface area contributed by atoms with Crippen LogP contribution in [0, 0.1) is 0 Å². The maximum atomic E-state index is 10.6. The number of nitrogens with zero attached hydrogens (tertiary/aromatic N) is 2. The van der Waals surface area contributed by atoms with Crippen LogP contribution in [0.5, 0.6) is 0 Å². The second-order valence-electron chi connectivity index (χ2n) is 3.85. The van der Waals surface area contributed by atoms with Gasteiger partial charge in [0.15, 0.2) is 0 Å². The summed E-state index contributed by atoms with van der Waals surface area (Å²) >= 11 is 15.5. The maximum absolute atomic E-state index is 10.6. The molecule has 0 aliphatic carbocycles. The summed E-state index contributed by atoms with van der Waals surface area (Å²) < 4.78 is 0.719. The molecule has 0 spiro atoms. The van der Waals surface area contributed by atoms with E-state index in [0.29, 0.717) is 10.0 Å². The van der Waals surface area contributed by atoms with Crippen LogP contribution >= 0.6 is 39.1 Å². The van der Waals surface area contributed by atoms with Crippen molar-refractivity contribution in [3.05, 3.63) is 26.7 Å². The van der Waals surface area contributed by atoms with Crippen LogP contribution < -0.4 is 4.90 Å². The maximum Gasteiger partial charge on any atom is 0.209 e. The van der Waals surface area contributed by atoms with Gasteiger partial charge in [-0.15, -0.1) is 0 Å². The molecule has 0 unspecified atom stereocenters. The Bertz CT molecular complexity index is 410. The number of amides is 1. The first-order valence-corrected chi connectivity index (χ1v) is 6.75. The van der Waals surface area contributed by atoms with E-state index in [1.165, 1.54) is 0 Å². The quantitative estimate of drug-likeness (QED) is 0.611. The summed E-state index contributed by atoms with van der Waals surface area (Å²) in [5.41, 5.74) is 0.994. The molecule has 1 aliphatic heterocycles. The van der Waals surface area contributed by atoms with Crippen molar-refractivity contribution in [1.29, 1.82) is 0 Å². The molecule has 3 nitrogen and oxygen atoms in total. The van der Waals surface area contributed by atoms with Gasteiger partial charge in [-0.3, -0.25) is 4.79 Å². The van der Waals surface area contributed by atoms with Crippen LogP contribution in [0.2, 0.25) is 10.0 Å². The van der Waals surface area contributed by atoms with Crippen molar-refractivity contribution >= 4 is 51.2 Å². The molecular weight excluding hydrogens is 327 g/mol. The fourth-order valence-corrected chi connectivity index (χ4v) is 2.51. The molecule has 1 saturated heterocycles. The zero-order chi connectivity index (χ0) is 12.4. The highest BCUT2D eigenvalue weighted by Gasteiger charge is 2.17. The third-order valence-corrected chi connectivity index (χ3v) is 4.70. The lowest BCUT2D eigenvalue weighted by molar-refractivity contribution is -0.118. The summed E-state index contributed by atoms with van der Waals surface area (Å²) in [7, 11) is 0. The Morgan fingerprint density at radius 3 is 2.12 bits per heavy atom. The highest BCUT2D eigenvalue weighted by atomic mass is 79.9. The Labute approximate surface area is 118 Å². The summed E-state index contributed by atoms with van der Waals surface area (Å²) in [5.74, 6) is 0. The fourth-order valence-electron chi connectivity index (χ4n) is 1.81. The lowest BCUT2D eigenvalue weighted by Gasteiger charge is -2.34. The number of anilines is 1. The van der Waals surface area contributed by atoms with Gasteiger partial charge in [0.2, 0.25) is 6.41 Å². The van der Waals surface area contributed by atoms with Gasteiger partial charge in [-0.1, -0.05) is 23.2 Å². The molecular formula is C11H11BrCl2N2O. The Morgan fingerprint density at radius 1 is 1.12 bits per heavy atom. The average Bonchev–Trinajstić information content (AvgIpc) is 2.35. The number of carbonyl (C=O) groups excluding carboxylic acids is 1. The normalized spacial score (nSPS) is 16.2. The summed E-state index contributed by atoms with van der Waals surface area (Å²) in [6.45, 7) is 3.06. The Morgan fingerprint density at radius 2 is 1.65 bits per heavy atom. The molecule has 0 bridgehead atoms. The van der Waals surface area contributed by atoms with Crippen LogP contribution in [0.25, 0.3) is 0 Å². The molecule has 1 amide bonds. The number of hydrogen-bond acceptors (Lipinski definition) is 2. The van der Waals surface area contributed by atoms with Crippen LogP contribution in [0.3, 0.4) is 0 Å². The topological polar surface area (TPSA) is 23.6 Å². The fraction of sp³-hybridized carbons (Fsp3) is 0.364. The SMILES string of the molecule is O=CN1CCN(c2cc(Cl)c(Br)c(Cl)c2)CC1. The average molecular weight is 338 g/mol. The van der Waals surface area contributed by atoms with Crippen LogP contribution in [0.15, 0.2) is 16.6 Å². The predicted octanol–water partition coefficient (Wildman–Crippen LogP) is 3.03. The first kappa shape index (κ1) is 13.0. The van der Waals surface area contributed by atoms with Crippen LogP contribution in [-0.4, -0.2) is 37.5 Å². The number of benzene rings is 1. The van der Waals surface area contributed by atoms with Gasteiger partial charge in [0.25, 0.3) is 0 Å². The van der Waals surface area contributed by atoms with Gasteiger partial charge in [0.05, 0.1) is 14.5 Å². The highest BCUT2D eigenvalue weighted by molar-refractivity contribution is 9.10. The van der Waals surface area contributed by atoms with E-state index in [4.69, 9.17) is 23.2 Å². The lowest BCUT2D eigenvalue weighted by Crippen LogP contribution is -2.45. The molecule has 1 heterocycles. The largest absolute Gasteiger partial charge is 0.368 e. The summed E-state index contributed by atoms with van der Waals surface area (Å²) in [6, 6.07) is 3.77. The van der Waals surface area contributed by atoms with Crippen molar-refractivity contribution in [3.63, 3.8) is 0 Å². The van der Waals surface area contributed by atoms with Crippen LogP contribution in [0.4, 0.5) is 5.69 Å². The molecule has 0 saturated carbocycles. The van der Waals surface area contributed by atoms with Gasteiger partial charge in [0.1, 0.15) is 0 Å². The molecule has 92 valence electrons. The van der Waals surface area contributed by atoms with E-state index in [-0.39, 0.29) is 0 Å². The van der Waals surface area contributed by atoms with Crippen molar-refractivity contribution < 1.29 is 4.79 Å². The van der Waals surface area contributed by atoms with Crippen molar-refractivity contribution in [2.45, 2.75) is 0 Å². The zero-order valence-corrected chi connectivity index (χ0v) is 12.1. The number of carbonyl (C=O) groups is 1. The molecule has 1 aliphatic rings. The Hall–Kier alpha value is -0.450. The first-order valence-electron chi connectivity index (χ1n) is 5.20. The smallest absolute Gasteiger partial charge is 0.209 e. The molecule has 1 aromatic rings. The minimum atomic E-state index is 0.602. The minimum Gasteiger partial charge on any atom is -0.368 e. The van der Waals surface area contributed by atoms with Crippen molar-refractivity contribution in [3.8, 4) is 0 Å². The zero-order valence-electron chi connectivity index (χ0n) is 9.00. The van der Waals surface area contributed by atoms with E-state index in [2.05, 4.69) is 20.8 Å². The first-order chi connectivity index (χ1) is 8.11. The van der Waals surface area contributed by atoms with Crippen molar-refractivity contribution in [2.75, 3.05) is 31.1 Å². The van der Waals surface area contributed by atoms with Crippen molar-refractivity contribution in [1.82, 2.24) is 4.90 Å². The van der Waals surface area contributed by atoms with Gasteiger partial charge in [-0.2, -0.15) is 0 Å². The third kappa shape index (κ3) is 2.87. The third-order valence-electron chi connectivity index (χ3n) is 2.80. The van der Waals surface area contributed by atoms with E-state index < -0.39 is 0 Å². The van der Waals surface area contributed by atoms with Gasteiger partial charge in [-0.05, 0) is 28.1 Å². The second-order valence-corrected chi connectivity index (χ2v) is 5.46. The van der Waals surface area contributed by atoms with Gasteiger partial charge in [-0.25, -0.2) is 0 Å². The van der Waals surface area contributed by atoms with Crippen LogP contribution in [0.1, 0.15) is 0 Å². The molecule has 2 rings (SSSR count). The standard InChI is InChI=1S/C11H11BrCl2N2O/c12-11-9(13)5-8(6-10(11)14)16-3-1-15(7-17)2-4-16/h5-7H,1-4H2. The van der Waals surface area contributed by atoms with E-state index in [9.17, 15) is 4.79 Å². The molecule has 0 atom stereocenters. The van der Waals surface area contributed by atoms with Gasteiger partial charge in [0, 0.05) is 31.9 Å². The Balaban J connectivity index is 2.16. The Kier molecular flexibility index (Phi) is 4.17. The van der Waals surface area contributed by atoms with Crippen molar-refractivity contribution in [2.24, 2.45) is 0 Å². The molecule has 0 N–H and O–H groups in total. The molecule has 1 aromatic carbocycles. The monoisotopic (exact) mass is 336 g/mol. The number of piperazine rings is 1. The van der Waals surface area contributed by atoms with Gasteiger partial charge < -0.3 is 9.80 Å². The number of rotatable bonds is 2. The van der Waals surface area contributed by atoms with E-state index in [1.807, 2.05) is 12.1 Å². The molecule has 0 radical (unpaired) electrons. The molecule has 6 heteroatoms. The van der Waals surface area contributed by atoms with E-state index >= 15 is 0 Å². The van der Waals surface area contributed by atoms with E-state index in [0.717, 1.165) is 42.7 Å². The summed E-state index contributed by atoms with van der Waals surface area (Å²) in [4.78, 5) is 14.5. The second kappa shape index (κ2) is 5.46.